The van der Waals surface area contributed by atoms with Crippen molar-refractivity contribution >= 4 is 0 Å². The normalized spacial score (nSPS) is 10.3. The van der Waals surface area contributed by atoms with E-state index in [1.165, 1.54) is 6.39 Å². The van der Waals surface area contributed by atoms with Crippen molar-refractivity contribution in [3.8, 4) is 11.5 Å². The molecule has 0 saturated carbocycles. The molecule has 2 rings (SSSR count). The maximum Gasteiger partial charge on any atom is 0.181 e. The van der Waals surface area contributed by atoms with Gasteiger partial charge in [-0.2, -0.15) is 0 Å². The van der Waals surface area contributed by atoms with Gasteiger partial charge in [0.25, 0.3) is 0 Å². The monoisotopic (exact) mass is 150 g/mol. The average Bonchev–Trinajstić information content (AvgIpc) is 2.55. The molecule has 0 amide bonds. The van der Waals surface area contributed by atoms with E-state index >= 15 is 0 Å². The molecular weight excluding hydrogens is 144 g/mol. The Labute approximate surface area is 62.8 Å². The molecule has 0 atom stereocenters. The quantitative estimate of drug-likeness (QED) is 0.620. The highest BCUT2D eigenvalue weighted by molar-refractivity contribution is 5.49. The van der Waals surface area contributed by atoms with Crippen LogP contribution in [0.15, 0.2) is 27.6 Å². The van der Waals surface area contributed by atoms with E-state index in [9.17, 15) is 0 Å². The van der Waals surface area contributed by atoms with Gasteiger partial charge in [-0.15, -0.1) is 0 Å². The van der Waals surface area contributed by atoms with Crippen LogP contribution in [0, 0.1) is 6.92 Å². The van der Waals surface area contributed by atoms with Crippen molar-refractivity contribution in [1.82, 2.24) is 10.1 Å². The summed E-state index contributed by atoms with van der Waals surface area (Å²) < 4.78 is 9.85. The first-order chi connectivity index (χ1) is 5.36. The van der Waals surface area contributed by atoms with Gasteiger partial charge in [0.1, 0.15) is 5.76 Å². The van der Waals surface area contributed by atoms with Crippen molar-refractivity contribution < 1.29 is 8.94 Å². The summed E-state index contributed by atoms with van der Waals surface area (Å²) in [5.41, 5.74) is 0.681. The van der Waals surface area contributed by atoms with E-state index in [-0.39, 0.29) is 0 Å². The van der Waals surface area contributed by atoms with Crippen molar-refractivity contribution in [3.63, 3.8) is 0 Å². The molecule has 0 bridgehead atoms. The summed E-state index contributed by atoms with van der Waals surface area (Å²) >= 11 is 0. The number of aryl methyl sites for hydroxylation is 1. The number of hydrogen-bond donors (Lipinski definition) is 0. The van der Waals surface area contributed by atoms with E-state index < -0.39 is 0 Å². The third kappa shape index (κ3) is 1.02. The second-order valence-electron chi connectivity index (χ2n) is 2.19. The minimum absolute atomic E-state index is 0.627. The predicted molar refractivity (Wildman–Crippen MR) is 36.7 cm³/mol. The molecule has 11 heavy (non-hydrogen) atoms. The molecule has 4 heteroatoms. The van der Waals surface area contributed by atoms with Crippen LogP contribution in [0.2, 0.25) is 0 Å². The van der Waals surface area contributed by atoms with Crippen molar-refractivity contribution in [2.75, 3.05) is 0 Å². The molecule has 4 nitrogen and oxygen atoms in total. The molecule has 2 aromatic rings. The van der Waals surface area contributed by atoms with Crippen LogP contribution < -0.4 is 0 Å². The number of rotatable bonds is 1. The van der Waals surface area contributed by atoms with Crippen LogP contribution in [0.3, 0.4) is 0 Å². The highest BCUT2D eigenvalue weighted by Crippen LogP contribution is 2.16. The fourth-order valence-electron chi connectivity index (χ4n) is 0.825. The second-order valence-corrected chi connectivity index (χ2v) is 2.19. The first-order valence-electron chi connectivity index (χ1n) is 3.18. The minimum Gasteiger partial charge on any atom is -0.442 e. The summed E-state index contributed by atoms with van der Waals surface area (Å²) in [5.74, 6) is 1.39. The first-order valence-corrected chi connectivity index (χ1v) is 3.18. The van der Waals surface area contributed by atoms with Gasteiger partial charge in [0.15, 0.2) is 17.8 Å². The molecular formula is C7H6N2O2. The smallest absolute Gasteiger partial charge is 0.181 e. The Morgan fingerprint density at radius 2 is 2.36 bits per heavy atom. The zero-order valence-corrected chi connectivity index (χ0v) is 5.94. The molecule has 0 aliphatic carbocycles. The van der Waals surface area contributed by atoms with E-state index in [4.69, 9.17) is 8.94 Å². The minimum atomic E-state index is 0.627. The highest BCUT2D eigenvalue weighted by atomic mass is 16.5. The molecule has 0 N–H and O–H groups in total. The molecule has 0 unspecified atom stereocenters. The molecule has 0 radical (unpaired) electrons. The van der Waals surface area contributed by atoms with Gasteiger partial charge in [-0.05, 0) is 6.92 Å². The van der Waals surface area contributed by atoms with E-state index in [1.807, 2.05) is 6.92 Å². The molecule has 0 aromatic carbocycles. The standard InChI is InChI=1S/C7H6N2O2/c1-5-2-6(9-11-5)7-3-8-4-10-7/h2-4H,1H3. The lowest BCUT2D eigenvalue weighted by molar-refractivity contribution is 0.397. The molecule has 2 aromatic heterocycles. The van der Waals surface area contributed by atoms with Crippen LogP contribution in [0.25, 0.3) is 11.5 Å². The van der Waals surface area contributed by atoms with Crippen LogP contribution in [0.4, 0.5) is 0 Å². The fourth-order valence-corrected chi connectivity index (χ4v) is 0.825. The van der Waals surface area contributed by atoms with Crippen molar-refractivity contribution in [2.45, 2.75) is 6.92 Å². The first kappa shape index (κ1) is 6.15. The molecule has 0 aliphatic heterocycles. The third-order valence-electron chi connectivity index (χ3n) is 1.31. The summed E-state index contributed by atoms with van der Waals surface area (Å²) in [6, 6.07) is 1.79. The number of hydrogen-bond acceptors (Lipinski definition) is 4. The van der Waals surface area contributed by atoms with Crippen LogP contribution in [0.5, 0.6) is 0 Å². The summed E-state index contributed by atoms with van der Waals surface area (Å²) in [7, 11) is 0. The van der Waals surface area contributed by atoms with E-state index in [2.05, 4.69) is 10.1 Å². The zero-order valence-electron chi connectivity index (χ0n) is 5.94. The Hall–Kier alpha value is -1.58. The van der Waals surface area contributed by atoms with Crippen LogP contribution in [-0.4, -0.2) is 10.1 Å². The van der Waals surface area contributed by atoms with E-state index in [1.54, 1.807) is 12.3 Å². The predicted octanol–water partition coefficient (Wildman–Crippen LogP) is 1.64. The largest absolute Gasteiger partial charge is 0.442 e. The maximum absolute atomic E-state index is 5.00. The molecule has 2 heterocycles. The molecule has 0 aliphatic rings. The highest BCUT2D eigenvalue weighted by Gasteiger charge is 2.05. The van der Waals surface area contributed by atoms with E-state index in [0.29, 0.717) is 11.5 Å². The van der Waals surface area contributed by atoms with Gasteiger partial charge < -0.3 is 8.94 Å². The lowest BCUT2D eigenvalue weighted by Crippen LogP contribution is -1.68. The van der Waals surface area contributed by atoms with Crippen LogP contribution in [-0.2, 0) is 0 Å². The van der Waals surface area contributed by atoms with Crippen LogP contribution in [0.1, 0.15) is 5.76 Å². The Morgan fingerprint density at radius 3 is 2.91 bits per heavy atom. The average molecular weight is 150 g/mol. The molecule has 0 spiro atoms. The summed E-state index contributed by atoms with van der Waals surface area (Å²) in [6.45, 7) is 1.83. The zero-order chi connectivity index (χ0) is 7.68. The number of oxazole rings is 1. The third-order valence-corrected chi connectivity index (χ3v) is 1.31. The fraction of sp³-hybridized carbons (Fsp3) is 0.143. The maximum atomic E-state index is 5.00. The van der Waals surface area contributed by atoms with E-state index in [0.717, 1.165) is 5.76 Å². The Morgan fingerprint density at radius 1 is 1.45 bits per heavy atom. The number of nitrogens with zero attached hydrogens (tertiary/aromatic N) is 2. The molecule has 0 saturated heterocycles. The SMILES string of the molecule is Cc1cc(-c2cnco2)no1. The summed E-state index contributed by atoms with van der Waals surface area (Å²) in [5, 5.41) is 3.75. The molecule has 0 fully saturated rings. The number of aromatic nitrogens is 2. The second kappa shape index (κ2) is 2.23. The van der Waals surface area contributed by atoms with Crippen molar-refractivity contribution in [3.05, 3.63) is 24.4 Å². The van der Waals surface area contributed by atoms with Gasteiger partial charge in [0.05, 0.1) is 6.20 Å². The van der Waals surface area contributed by atoms with Crippen molar-refractivity contribution in [2.24, 2.45) is 0 Å². The van der Waals surface area contributed by atoms with Crippen LogP contribution >= 0.6 is 0 Å². The topological polar surface area (TPSA) is 52.1 Å². The van der Waals surface area contributed by atoms with Gasteiger partial charge in [-0.3, -0.25) is 0 Å². The summed E-state index contributed by atoms with van der Waals surface area (Å²) in [4.78, 5) is 3.76. The Balaban J connectivity index is 2.45. The van der Waals surface area contributed by atoms with Gasteiger partial charge in [0, 0.05) is 6.07 Å². The Bertz CT molecular complexity index is 337. The van der Waals surface area contributed by atoms with Gasteiger partial charge in [-0.25, -0.2) is 4.98 Å². The Kier molecular flexibility index (Phi) is 1.25. The molecule has 56 valence electrons. The summed E-state index contributed by atoms with van der Waals surface area (Å²) in [6.07, 6.45) is 2.96. The lowest BCUT2D eigenvalue weighted by Gasteiger charge is -1.80. The van der Waals surface area contributed by atoms with Gasteiger partial charge in [-0.1, -0.05) is 5.16 Å². The van der Waals surface area contributed by atoms with Gasteiger partial charge >= 0.3 is 0 Å². The van der Waals surface area contributed by atoms with Crippen molar-refractivity contribution in [1.29, 1.82) is 0 Å². The lowest BCUT2D eigenvalue weighted by atomic mass is 10.3. The van der Waals surface area contributed by atoms with Gasteiger partial charge in [0.2, 0.25) is 0 Å².